The Labute approximate surface area is 129 Å². The van der Waals surface area contributed by atoms with E-state index in [-0.39, 0.29) is 0 Å². The largest absolute Gasteiger partial charge is 0.0649 e. The van der Waals surface area contributed by atoms with Crippen molar-refractivity contribution in [3.8, 4) is 0 Å². The minimum atomic E-state index is 0.488. The third-order valence-electron chi connectivity index (χ3n) is 7.66. The van der Waals surface area contributed by atoms with Gasteiger partial charge in [-0.05, 0) is 52.8 Å². The van der Waals surface area contributed by atoms with Crippen LogP contribution < -0.4 is 0 Å². The first-order valence-electron chi connectivity index (χ1n) is 8.91. The molecule has 20 heavy (non-hydrogen) atoms. The quantitative estimate of drug-likeness (QED) is 0.502. The molecule has 1 saturated carbocycles. The molecule has 0 radical (unpaired) electrons. The summed E-state index contributed by atoms with van der Waals surface area (Å²) in [6.45, 7) is 24.6. The second-order valence-electron chi connectivity index (χ2n) is 9.55. The molecule has 0 heterocycles. The Morgan fingerprint density at radius 2 is 1.55 bits per heavy atom. The highest BCUT2D eigenvalue weighted by molar-refractivity contribution is 5.08. The molecule has 0 aromatic carbocycles. The van der Waals surface area contributed by atoms with Gasteiger partial charge in [0.2, 0.25) is 0 Å². The summed E-state index contributed by atoms with van der Waals surface area (Å²) >= 11 is 0. The molecule has 1 aliphatic rings. The van der Waals surface area contributed by atoms with Crippen molar-refractivity contribution in [3.05, 3.63) is 0 Å². The maximum absolute atomic E-state index is 2.56. The Hall–Kier alpha value is 0. The van der Waals surface area contributed by atoms with E-state index in [0.717, 1.165) is 23.7 Å². The molecule has 0 saturated heterocycles. The highest BCUT2D eigenvalue weighted by Gasteiger charge is 2.59. The van der Waals surface area contributed by atoms with Crippen LogP contribution in [0.1, 0.15) is 88.5 Å². The summed E-state index contributed by atoms with van der Waals surface area (Å²) in [5.41, 5.74) is 1.51. The van der Waals surface area contributed by atoms with Gasteiger partial charge in [-0.1, -0.05) is 75.7 Å². The van der Waals surface area contributed by atoms with E-state index in [1.807, 2.05) is 0 Å². The van der Waals surface area contributed by atoms with Crippen molar-refractivity contribution >= 4 is 0 Å². The van der Waals surface area contributed by atoms with Crippen molar-refractivity contribution in [3.63, 3.8) is 0 Å². The predicted molar refractivity (Wildman–Crippen MR) is 91.9 cm³/mol. The van der Waals surface area contributed by atoms with Crippen LogP contribution in [0.4, 0.5) is 0 Å². The van der Waals surface area contributed by atoms with Gasteiger partial charge in [0.15, 0.2) is 0 Å². The Bertz CT molecular complexity index is 325. The molecule has 0 aromatic rings. The van der Waals surface area contributed by atoms with E-state index < -0.39 is 0 Å². The molecule has 1 fully saturated rings. The Morgan fingerprint density at radius 1 is 1.05 bits per heavy atom. The highest BCUT2D eigenvalue weighted by atomic mass is 14.6. The van der Waals surface area contributed by atoms with E-state index >= 15 is 0 Å². The van der Waals surface area contributed by atoms with E-state index in [1.54, 1.807) is 0 Å². The van der Waals surface area contributed by atoms with Crippen molar-refractivity contribution in [2.75, 3.05) is 0 Å². The van der Waals surface area contributed by atoms with Crippen LogP contribution in [0.15, 0.2) is 0 Å². The minimum Gasteiger partial charge on any atom is -0.0649 e. The standard InChI is InChI=1S/C20H40/c1-11-19(9,16(6)14(2)3)13-20(10)12-17(15(4)5)18(20,7)8/h14-17H,11-13H2,1-10H3. The smallest absolute Gasteiger partial charge is 0.0264 e. The van der Waals surface area contributed by atoms with Crippen molar-refractivity contribution in [2.24, 2.45) is 39.9 Å². The zero-order valence-electron chi connectivity index (χ0n) is 15.9. The fourth-order valence-corrected chi connectivity index (χ4v) is 4.99. The average molecular weight is 281 g/mol. The summed E-state index contributed by atoms with van der Waals surface area (Å²) in [5, 5.41) is 0. The molecule has 4 atom stereocenters. The van der Waals surface area contributed by atoms with Gasteiger partial charge in [-0.15, -0.1) is 0 Å². The van der Waals surface area contributed by atoms with Crippen LogP contribution in [0.3, 0.4) is 0 Å². The maximum atomic E-state index is 2.56. The monoisotopic (exact) mass is 280 g/mol. The summed E-state index contributed by atoms with van der Waals surface area (Å²) in [6.07, 6.45) is 4.13. The van der Waals surface area contributed by atoms with Gasteiger partial charge in [0.05, 0.1) is 0 Å². The van der Waals surface area contributed by atoms with Gasteiger partial charge < -0.3 is 0 Å². The van der Waals surface area contributed by atoms with Crippen LogP contribution >= 0.6 is 0 Å². The lowest BCUT2D eigenvalue weighted by Gasteiger charge is -2.65. The molecular weight excluding hydrogens is 240 g/mol. The SMILES string of the molecule is CCC(C)(CC1(C)CC(C(C)C)C1(C)C)C(C)C(C)C. The molecule has 0 aromatic heterocycles. The molecule has 0 aliphatic heterocycles. The zero-order valence-corrected chi connectivity index (χ0v) is 15.9. The fraction of sp³-hybridized carbons (Fsp3) is 1.00. The number of rotatable bonds is 6. The molecule has 0 bridgehead atoms. The molecule has 0 amide bonds. The summed E-state index contributed by atoms with van der Waals surface area (Å²) in [6, 6.07) is 0. The van der Waals surface area contributed by atoms with Crippen molar-refractivity contribution < 1.29 is 0 Å². The third-order valence-corrected chi connectivity index (χ3v) is 7.66. The van der Waals surface area contributed by atoms with E-state index in [2.05, 4.69) is 69.2 Å². The lowest BCUT2D eigenvalue weighted by atomic mass is 9.40. The summed E-state index contributed by atoms with van der Waals surface area (Å²) < 4.78 is 0. The highest BCUT2D eigenvalue weighted by Crippen LogP contribution is 2.67. The molecule has 1 rings (SSSR count). The van der Waals surface area contributed by atoms with Crippen molar-refractivity contribution in [1.82, 2.24) is 0 Å². The second kappa shape index (κ2) is 5.65. The minimum absolute atomic E-state index is 0.488. The van der Waals surface area contributed by atoms with Crippen LogP contribution in [0.25, 0.3) is 0 Å². The first-order valence-corrected chi connectivity index (χ1v) is 8.91. The van der Waals surface area contributed by atoms with E-state index in [1.165, 1.54) is 19.3 Å². The Balaban J connectivity index is 2.92. The third kappa shape index (κ3) is 2.81. The van der Waals surface area contributed by atoms with Gasteiger partial charge in [-0.3, -0.25) is 0 Å². The summed E-state index contributed by atoms with van der Waals surface area (Å²) in [5.74, 6) is 3.32. The molecule has 0 nitrogen and oxygen atoms in total. The maximum Gasteiger partial charge on any atom is -0.0264 e. The van der Waals surface area contributed by atoms with Gasteiger partial charge in [-0.25, -0.2) is 0 Å². The molecule has 0 N–H and O–H groups in total. The van der Waals surface area contributed by atoms with Crippen LogP contribution in [0.2, 0.25) is 0 Å². The Kier molecular flexibility index (Phi) is 5.10. The van der Waals surface area contributed by atoms with Gasteiger partial charge >= 0.3 is 0 Å². The molecule has 4 unspecified atom stereocenters. The molecule has 0 spiro atoms. The van der Waals surface area contributed by atoms with Crippen LogP contribution in [-0.2, 0) is 0 Å². The van der Waals surface area contributed by atoms with Crippen LogP contribution in [0, 0.1) is 39.9 Å². The summed E-state index contributed by atoms with van der Waals surface area (Å²) in [4.78, 5) is 0. The first kappa shape index (κ1) is 18.1. The number of hydrogen-bond donors (Lipinski definition) is 0. The van der Waals surface area contributed by atoms with Gasteiger partial charge in [0, 0.05) is 0 Å². The molecular formula is C20H40. The Morgan fingerprint density at radius 3 is 1.85 bits per heavy atom. The van der Waals surface area contributed by atoms with Crippen LogP contribution in [0.5, 0.6) is 0 Å². The normalized spacial score (nSPS) is 33.9. The van der Waals surface area contributed by atoms with E-state index in [0.29, 0.717) is 16.2 Å². The topological polar surface area (TPSA) is 0 Å². The van der Waals surface area contributed by atoms with Gasteiger partial charge in [0.1, 0.15) is 0 Å². The lowest BCUT2D eigenvalue weighted by molar-refractivity contribution is -0.158. The molecule has 120 valence electrons. The lowest BCUT2D eigenvalue weighted by Crippen LogP contribution is -2.57. The van der Waals surface area contributed by atoms with Gasteiger partial charge in [0.25, 0.3) is 0 Å². The first-order chi connectivity index (χ1) is 8.91. The zero-order chi connectivity index (χ0) is 15.9. The molecule has 0 heteroatoms. The summed E-state index contributed by atoms with van der Waals surface area (Å²) in [7, 11) is 0. The van der Waals surface area contributed by atoms with Crippen molar-refractivity contribution in [1.29, 1.82) is 0 Å². The average Bonchev–Trinajstić information content (AvgIpc) is 2.34. The predicted octanol–water partition coefficient (Wildman–Crippen LogP) is 6.79. The molecule has 1 aliphatic carbocycles. The second-order valence-corrected chi connectivity index (χ2v) is 9.55. The van der Waals surface area contributed by atoms with Crippen LogP contribution in [-0.4, -0.2) is 0 Å². The number of hydrogen-bond acceptors (Lipinski definition) is 0. The van der Waals surface area contributed by atoms with E-state index in [9.17, 15) is 0 Å². The fourth-order valence-electron chi connectivity index (χ4n) is 4.99. The van der Waals surface area contributed by atoms with E-state index in [4.69, 9.17) is 0 Å². The van der Waals surface area contributed by atoms with Gasteiger partial charge in [-0.2, -0.15) is 0 Å². The van der Waals surface area contributed by atoms with Crippen molar-refractivity contribution in [2.45, 2.75) is 88.5 Å².